The molecule has 2 aliphatic heterocycles. The first-order valence-electron chi connectivity index (χ1n) is 9.73. The first kappa shape index (κ1) is 20.4. The summed E-state index contributed by atoms with van der Waals surface area (Å²) in [5.74, 6) is -2.44. The fraction of sp³-hybridized carbons (Fsp3) is 0.300. The number of halogens is 2. The summed E-state index contributed by atoms with van der Waals surface area (Å²) >= 11 is 1.24. The van der Waals surface area contributed by atoms with Gasteiger partial charge in [-0.1, -0.05) is 11.3 Å². The van der Waals surface area contributed by atoms with Gasteiger partial charge in [-0.2, -0.15) is 10.1 Å². The van der Waals surface area contributed by atoms with E-state index < -0.39 is 23.6 Å². The van der Waals surface area contributed by atoms with E-state index in [2.05, 4.69) is 10.1 Å². The van der Waals surface area contributed by atoms with Crippen LogP contribution in [-0.2, 0) is 7.05 Å². The topological polar surface area (TPSA) is 100 Å². The van der Waals surface area contributed by atoms with Crippen LogP contribution in [0, 0.1) is 11.6 Å². The number of aromatic nitrogens is 2. The predicted octanol–water partition coefficient (Wildman–Crippen LogP) is 3.23. The van der Waals surface area contributed by atoms with Crippen LogP contribution >= 0.6 is 11.3 Å². The number of ether oxygens (including phenoxy) is 1. The van der Waals surface area contributed by atoms with Gasteiger partial charge >= 0.3 is 12.0 Å². The molecule has 2 aromatic heterocycles. The summed E-state index contributed by atoms with van der Waals surface area (Å²) in [6.45, 7) is 0.622. The van der Waals surface area contributed by atoms with Gasteiger partial charge in [0.15, 0.2) is 5.65 Å². The Labute approximate surface area is 184 Å². The van der Waals surface area contributed by atoms with Crippen LogP contribution in [0.15, 0.2) is 29.4 Å². The highest BCUT2D eigenvalue weighted by molar-refractivity contribution is 7.20. The zero-order valence-electron chi connectivity index (χ0n) is 16.7. The molecular weight excluding hydrogens is 444 g/mol. The van der Waals surface area contributed by atoms with Crippen LogP contribution in [-0.4, -0.2) is 62.0 Å². The number of carboxylic acids is 1. The van der Waals surface area contributed by atoms with Gasteiger partial charge in [0.05, 0.1) is 23.8 Å². The summed E-state index contributed by atoms with van der Waals surface area (Å²) in [5.41, 5.74) is 1.01. The molecule has 0 aliphatic carbocycles. The third kappa shape index (κ3) is 3.45. The van der Waals surface area contributed by atoms with E-state index in [1.165, 1.54) is 37.9 Å². The van der Waals surface area contributed by atoms with Crippen molar-refractivity contribution in [2.24, 2.45) is 12.1 Å². The Morgan fingerprint density at radius 3 is 2.56 bits per heavy atom. The molecule has 1 unspecified atom stereocenters. The number of hydrazone groups is 1. The van der Waals surface area contributed by atoms with E-state index in [0.29, 0.717) is 40.6 Å². The van der Waals surface area contributed by atoms with Gasteiger partial charge in [-0.25, -0.2) is 23.4 Å². The van der Waals surface area contributed by atoms with E-state index in [9.17, 15) is 23.5 Å². The lowest BCUT2D eigenvalue weighted by Gasteiger charge is -2.40. The molecule has 5 rings (SSSR count). The number of rotatable bonds is 4. The Morgan fingerprint density at radius 2 is 1.91 bits per heavy atom. The number of urea groups is 1. The summed E-state index contributed by atoms with van der Waals surface area (Å²) in [4.78, 5) is 29.9. The zero-order chi connectivity index (χ0) is 22.6. The summed E-state index contributed by atoms with van der Waals surface area (Å²) in [5, 5.41) is 14.9. The largest absolute Gasteiger partial charge is 0.477 e. The first-order chi connectivity index (χ1) is 15.3. The maximum Gasteiger partial charge on any atom is 0.352 e. The van der Waals surface area contributed by atoms with E-state index >= 15 is 0 Å². The van der Waals surface area contributed by atoms with E-state index in [1.54, 1.807) is 19.3 Å². The smallest absolute Gasteiger partial charge is 0.352 e. The predicted molar refractivity (Wildman–Crippen MR) is 111 cm³/mol. The summed E-state index contributed by atoms with van der Waals surface area (Å²) in [7, 11) is 1.62. The van der Waals surface area contributed by atoms with Crippen molar-refractivity contribution >= 4 is 39.9 Å². The number of amides is 2. The van der Waals surface area contributed by atoms with Crippen molar-refractivity contribution in [1.29, 1.82) is 0 Å². The molecule has 1 N–H and O–H groups in total. The lowest BCUT2D eigenvalue weighted by Crippen LogP contribution is -2.58. The molecule has 32 heavy (non-hydrogen) atoms. The van der Waals surface area contributed by atoms with Crippen LogP contribution < -0.4 is 4.74 Å². The number of carbonyl (C=O) groups excluding carboxylic acids is 1. The summed E-state index contributed by atoms with van der Waals surface area (Å²) in [6.07, 6.45) is 1.65. The van der Waals surface area contributed by atoms with Crippen molar-refractivity contribution in [2.45, 2.75) is 18.6 Å². The van der Waals surface area contributed by atoms with Crippen LogP contribution in [0.3, 0.4) is 0 Å². The number of hydrogen-bond acceptors (Lipinski definition) is 6. The number of nitrogens with zero attached hydrogens (tertiary/aromatic N) is 5. The monoisotopic (exact) mass is 461 g/mol. The highest BCUT2D eigenvalue weighted by Gasteiger charge is 2.39. The Bertz CT molecular complexity index is 1250. The summed E-state index contributed by atoms with van der Waals surface area (Å²) < 4.78 is 35.2. The standard InChI is InChI=1S/C20H17F2N5O4S/c1-25-15(18(28)29)7-16-17(25)24-19(32-16)31-13-8-26(9-13)20(30)27-14(2-3-23-27)10-4-11(21)6-12(22)5-10/h3-7,13-14H,2,8-9H2,1H3,(H,28,29). The number of aromatic carboxylic acids is 1. The highest BCUT2D eigenvalue weighted by Crippen LogP contribution is 2.34. The molecule has 1 atom stereocenters. The van der Waals surface area contributed by atoms with Gasteiger partial charge in [-0.15, -0.1) is 0 Å². The number of carboxylic acid groups (broad SMARTS) is 1. The number of hydrogen-bond donors (Lipinski definition) is 1. The number of benzene rings is 1. The normalized spacial score (nSPS) is 18.4. The van der Waals surface area contributed by atoms with Crippen molar-refractivity contribution in [1.82, 2.24) is 19.5 Å². The number of carbonyl (C=O) groups is 2. The molecule has 1 fully saturated rings. The van der Waals surface area contributed by atoms with Crippen molar-refractivity contribution in [2.75, 3.05) is 13.1 Å². The Hall–Kier alpha value is -3.54. The number of aryl methyl sites for hydroxylation is 1. The van der Waals surface area contributed by atoms with Crippen LogP contribution in [0.1, 0.15) is 28.5 Å². The van der Waals surface area contributed by atoms with E-state index in [-0.39, 0.29) is 17.8 Å². The van der Waals surface area contributed by atoms with Crippen LogP contribution in [0.4, 0.5) is 13.6 Å². The van der Waals surface area contributed by atoms with Gasteiger partial charge in [-0.05, 0) is 23.8 Å². The van der Waals surface area contributed by atoms with Gasteiger partial charge in [0, 0.05) is 25.7 Å². The quantitative estimate of drug-likeness (QED) is 0.643. The minimum atomic E-state index is -1.03. The number of thiazole rings is 1. The molecule has 0 bridgehead atoms. The van der Waals surface area contributed by atoms with E-state index in [4.69, 9.17) is 4.74 Å². The molecule has 12 heteroatoms. The van der Waals surface area contributed by atoms with Crippen LogP contribution in [0.25, 0.3) is 10.3 Å². The fourth-order valence-corrected chi connectivity index (χ4v) is 4.78. The lowest BCUT2D eigenvalue weighted by molar-refractivity contribution is 0.0276. The maximum atomic E-state index is 13.6. The molecule has 3 aromatic rings. The minimum Gasteiger partial charge on any atom is -0.477 e. The molecular formula is C20H17F2N5O4S. The average molecular weight is 461 g/mol. The SMILES string of the molecule is Cn1c(C(=O)O)cc2sc(OC3CN(C(=O)N4N=CCC4c4cc(F)cc(F)c4)C3)nc21. The third-order valence-electron chi connectivity index (χ3n) is 5.46. The number of fused-ring (bicyclic) bond motifs is 1. The fourth-order valence-electron chi connectivity index (χ4n) is 3.83. The van der Waals surface area contributed by atoms with Gasteiger partial charge in [0.2, 0.25) is 0 Å². The zero-order valence-corrected chi connectivity index (χ0v) is 17.6. The third-order valence-corrected chi connectivity index (χ3v) is 6.34. The minimum absolute atomic E-state index is 0.143. The van der Waals surface area contributed by atoms with Crippen molar-refractivity contribution in [3.05, 3.63) is 47.2 Å². The lowest BCUT2D eigenvalue weighted by atomic mass is 10.0. The van der Waals surface area contributed by atoms with Crippen LogP contribution in [0.2, 0.25) is 0 Å². The van der Waals surface area contributed by atoms with Gasteiger partial charge in [0.25, 0.3) is 5.19 Å². The Morgan fingerprint density at radius 1 is 1.19 bits per heavy atom. The van der Waals surface area contributed by atoms with Crippen molar-refractivity contribution in [3.63, 3.8) is 0 Å². The molecule has 0 saturated carbocycles. The highest BCUT2D eigenvalue weighted by atomic mass is 32.1. The second kappa shape index (κ2) is 7.55. The van der Waals surface area contributed by atoms with Crippen molar-refractivity contribution in [3.8, 4) is 5.19 Å². The first-order valence-corrected chi connectivity index (χ1v) is 10.5. The second-order valence-corrected chi connectivity index (χ2v) is 8.58. The molecule has 2 amide bonds. The Balaban J connectivity index is 1.22. The maximum absolute atomic E-state index is 13.6. The second-order valence-electron chi connectivity index (χ2n) is 7.59. The van der Waals surface area contributed by atoms with Gasteiger partial charge in [-0.3, -0.25) is 0 Å². The summed E-state index contributed by atoms with van der Waals surface area (Å²) in [6, 6.07) is 3.79. The van der Waals surface area contributed by atoms with Gasteiger partial charge in [0.1, 0.15) is 23.4 Å². The molecule has 166 valence electrons. The molecule has 4 heterocycles. The molecule has 2 aliphatic rings. The molecule has 9 nitrogen and oxygen atoms in total. The molecule has 0 spiro atoms. The number of likely N-dealkylation sites (tertiary alicyclic amines) is 1. The van der Waals surface area contributed by atoms with E-state index in [1.807, 2.05) is 0 Å². The average Bonchev–Trinajstić information content (AvgIpc) is 3.39. The van der Waals surface area contributed by atoms with Gasteiger partial charge < -0.3 is 19.3 Å². The Kier molecular flexibility index (Phi) is 4.81. The van der Waals surface area contributed by atoms with Crippen molar-refractivity contribution < 1.29 is 28.2 Å². The molecule has 1 aromatic carbocycles. The molecule has 0 radical (unpaired) electrons. The van der Waals surface area contributed by atoms with Crippen LogP contribution in [0.5, 0.6) is 5.19 Å². The van der Waals surface area contributed by atoms with E-state index in [0.717, 1.165) is 6.07 Å². The molecule has 1 saturated heterocycles.